The van der Waals surface area contributed by atoms with Gasteiger partial charge in [-0.3, -0.25) is 4.79 Å². The summed E-state index contributed by atoms with van der Waals surface area (Å²) in [5.41, 5.74) is 1.34. The van der Waals surface area contributed by atoms with Gasteiger partial charge in [-0.15, -0.1) is 0 Å². The van der Waals surface area contributed by atoms with Gasteiger partial charge in [-0.25, -0.2) is 4.79 Å². The van der Waals surface area contributed by atoms with Crippen molar-refractivity contribution >= 4 is 17.6 Å². The van der Waals surface area contributed by atoms with Crippen LogP contribution in [0.4, 0.5) is 5.69 Å². The summed E-state index contributed by atoms with van der Waals surface area (Å²) in [4.78, 5) is 28.7. The van der Waals surface area contributed by atoms with Gasteiger partial charge in [-0.1, -0.05) is 24.3 Å². The molecule has 0 unspecified atom stereocenters. The average molecular weight is 398 g/mol. The van der Waals surface area contributed by atoms with Gasteiger partial charge in [0.25, 0.3) is 5.91 Å². The molecule has 2 aromatic rings. The van der Waals surface area contributed by atoms with Crippen molar-refractivity contribution in [1.82, 2.24) is 4.90 Å². The molecule has 0 bridgehead atoms. The van der Waals surface area contributed by atoms with Crippen LogP contribution in [0.5, 0.6) is 11.5 Å². The summed E-state index contributed by atoms with van der Waals surface area (Å²) < 4.78 is 16.1. The standard InChI is InChI=1S/C22H26N2O5/c1-3-28-19-10-6-4-8-17(19)22(26)29-16-21(25)24-14-12-23(13-15-24)18-9-5-7-11-20(18)27-2/h4-11H,3,12-16H2,1-2H3. The zero-order valence-corrected chi connectivity index (χ0v) is 16.8. The molecule has 2 aromatic carbocycles. The van der Waals surface area contributed by atoms with E-state index >= 15 is 0 Å². The van der Waals surface area contributed by atoms with Gasteiger partial charge < -0.3 is 24.0 Å². The second kappa shape index (κ2) is 9.82. The number of benzene rings is 2. The van der Waals surface area contributed by atoms with Crippen LogP contribution < -0.4 is 14.4 Å². The largest absolute Gasteiger partial charge is 0.495 e. The molecule has 0 aromatic heterocycles. The van der Waals surface area contributed by atoms with Gasteiger partial charge in [-0.2, -0.15) is 0 Å². The van der Waals surface area contributed by atoms with Gasteiger partial charge in [0.05, 0.1) is 19.4 Å². The van der Waals surface area contributed by atoms with Crippen LogP contribution >= 0.6 is 0 Å². The zero-order chi connectivity index (χ0) is 20.6. The Morgan fingerprint density at radius 3 is 2.28 bits per heavy atom. The number of carbonyl (C=O) groups is 2. The average Bonchev–Trinajstić information content (AvgIpc) is 2.78. The lowest BCUT2D eigenvalue weighted by Gasteiger charge is -2.36. The highest BCUT2D eigenvalue weighted by molar-refractivity contribution is 5.94. The lowest BCUT2D eigenvalue weighted by atomic mass is 10.2. The molecule has 1 fully saturated rings. The van der Waals surface area contributed by atoms with Crippen LogP contribution in [-0.2, 0) is 9.53 Å². The van der Waals surface area contributed by atoms with E-state index in [-0.39, 0.29) is 12.5 Å². The third kappa shape index (κ3) is 4.99. The fourth-order valence-electron chi connectivity index (χ4n) is 3.30. The maximum atomic E-state index is 12.5. The number of hydrogen-bond acceptors (Lipinski definition) is 6. The summed E-state index contributed by atoms with van der Waals surface area (Å²) in [5.74, 6) is 0.508. The molecule has 0 aliphatic carbocycles. The molecule has 29 heavy (non-hydrogen) atoms. The van der Waals surface area contributed by atoms with E-state index in [1.165, 1.54) is 0 Å². The van der Waals surface area contributed by atoms with Gasteiger partial charge >= 0.3 is 5.97 Å². The highest BCUT2D eigenvalue weighted by atomic mass is 16.5. The van der Waals surface area contributed by atoms with E-state index < -0.39 is 5.97 Å². The Hall–Kier alpha value is -3.22. The fraction of sp³-hybridized carbons (Fsp3) is 0.364. The number of hydrogen-bond donors (Lipinski definition) is 0. The Balaban J connectivity index is 1.52. The molecule has 1 heterocycles. The number of anilines is 1. The molecular weight excluding hydrogens is 372 g/mol. The summed E-state index contributed by atoms with van der Waals surface area (Å²) in [6, 6.07) is 14.7. The highest BCUT2D eigenvalue weighted by Gasteiger charge is 2.24. The normalized spacial score (nSPS) is 13.7. The predicted molar refractivity (Wildman–Crippen MR) is 110 cm³/mol. The summed E-state index contributed by atoms with van der Waals surface area (Å²) >= 11 is 0. The quantitative estimate of drug-likeness (QED) is 0.668. The molecule has 0 N–H and O–H groups in total. The van der Waals surface area contributed by atoms with E-state index in [4.69, 9.17) is 14.2 Å². The topological polar surface area (TPSA) is 68.3 Å². The Morgan fingerprint density at radius 2 is 1.59 bits per heavy atom. The molecule has 1 amide bonds. The predicted octanol–water partition coefficient (Wildman–Crippen LogP) is 2.60. The van der Waals surface area contributed by atoms with Crippen LogP contribution in [0.2, 0.25) is 0 Å². The van der Waals surface area contributed by atoms with Crippen molar-refractivity contribution in [1.29, 1.82) is 0 Å². The number of piperazine rings is 1. The minimum absolute atomic E-state index is 0.202. The van der Waals surface area contributed by atoms with E-state index in [2.05, 4.69) is 4.90 Å². The molecule has 0 radical (unpaired) electrons. The zero-order valence-electron chi connectivity index (χ0n) is 16.8. The number of para-hydroxylation sites is 3. The molecule has 0 saturated carbocycles. The summed E-state index contributed by atoms with van der Waals surface area (Å²) in [6.07, 6.45) is 0. The molecule has 154 valence electrons. The van der Waals surface area contributed by atoms with Crippen molar-refractivity contribution < 1.29 is 23.8 Å². The molecule has 7 heteroatoms. The number of methoxy groups -OCH3 is 1. The Morgan fingerprint density at radius 1 is 0.931 bits per heavy atom. The molecule has 1 saturated heterocycles. The number of amides is 1. The van der Waals surface area contributed by atoms with Crippen LogP contribution in [0.15, 0.2) is 48.5 Å². The van der Waals surface area contributed by atoms with Gasteiger partial charge in [0.1, 0.15) is 17.1 Å². The summed E-state index contributed by atoms with van der Waals surface area (Å²) in [6.45, 7) is 4.50. The van der Waals surface area contributed by atoms with Gasteiger partial charge in [0.2, 0.25) is 0 Å². The van der Waals surface area contributed by atoms with Crippen LogP contribution in [0.1, 0.15) is 17.3 Å². The third-order valence-corrected chi connectivity index (χ3v) is 4.79. The Kier molecular flexibility index (Phi) is 6.94. The van der Waals surface area contributed by atoms with Crippen LogP contribution in [-0.4, -0.2) is 63.3 Å². The van der Waals surface area contributed by atoms with E-state index in [9.17, 15) is 9.59 Å². The van der Waals surface area contributed by atoms with E-state index in [0.717, 1.165) is 11.4 Å². The molecule has 3 rings (SSSR count). The molecular formula is C22H26N2O5. The van der Waals surface area contributed by atoms with E-state index in [1.54, 1.807) is 36.3 Å². The fourth-order valence-corrected chi connectivity index (χ4v) is 3.30. The SMILES string of the molecule is CCOc1ccccc1C(=O)OCC(=O)N1CCN(c2ccccc2OC)CC1. The second-order valence-electron chi connectivity index (χ2n) is 6.54. The number of carbonyl (C=O) groups excluding carboxylic acids is 2. The second-order valence-corrected chi connectivity index (χ2v) is 6.54. The van der Waals surface area contributed by atoms with Crippen LogP contribution in [0.3, 0.4) is 0 Å². The summed E-state index contributed by atoms with van der Waals surface area (Å²) in [5, 5.41) is 0. The maximum absolute atomic E-state index is 12.5. The number of ether oxygens (including phenoxy) is 3. The lowest BCUT2D eigenvalue weighted by Crippen LogP contribution is -2.50. The van der Waals surface area contributed by atoms with Crippen LogP contribution in [0.25, 0.3) is 0 Å². The Bertz CT molecular complexity index is 847. The number of esters is 1. The number of rotatable bonds is 7. The summed E-state index contributed by atoms with van der Waals surface area (Å²) in [7, 11) is 1.65. The highest BCUT2D eigenvalue weighted by Crippen LogP contribution is 2.28. The van der Waals surface area contributed by atoms with E-state index in [1.807, 2.05) is 31.2 Å². The molecule has 1 aliphatic rings. The first-order valence-electron chi connectivity index (χ1n) is 9.68. The van der Waals surface area contributed by atoms with Gasteiger partial charge in [0, 0.05) is 26.2 Å². The molecule has 7 nitrogen and oxygen atoms in total. The maximum Gasteiger partial charge on any atom is 0.342 e. The van der Waals surface area contributed by atoms with Crippen molar-refractivity contribution in [2.45, 2.75) is 6.92 Å². The first kappa shape index (κ1) is 20.5. The van der Waals surface area contributed by atoms with Crippen molar-refractivity contribution in [2.24, 2.45) is 0 Å². The minimum Gasteiger partial charge on any atom is -0.495 e. The number of nitrogens with zero attached hydrogens (tertiary/aromatic N) is 2. The Labute approximate surface area is 170 Å². The third-order valence-electron chi connectivity index (χ3n) is 4.79. The first-order valence-corrected chi connectivity index (χ1v) is 9.68. The van der Waals surface area contributed by atoms with Gasteiger partial charge in [-0.05, 0) is 31.2 Å². The van der Waals surface area contributed by atoms with Crippen molar-refractivity contribution in [3.63, 3.8) is 0 Å². The van der Waals surface area contributed by atoms with Gasteiger partial charge in [0.15, 0.2) is 6.61 Å². The smallest absolute Gasteiger partial charge is 0.342 e. The monoisotopic (exact) mass is 398 g/mol. The lowest BCUT2D eigenvalue weighted by molar-refractivity contribution is -0.134. The minimum atomic E-state index is -0.560. The van der Waals surface area contributed by atoms with Crippen molar-refractivity contribution in [3.05, 3.63) is 54.1 Å². The van der Waals surface area contributed by atoms with Crippen molar-refractivity contribution in [3.8, 4) is 11.5 Å². The van der Waals surface area contributed by atoms with Crippen molar-refractivity contribution in [2.75, 3.05) is 51.4 Å². The molecule has 0 atom stereocenters. The molecule has 1 aliphatic heterocycles. The van der Waals surface area contributed by atoms with Crippen LogP contribution in [0, 0.1) is 0 Å². The van der Waals surface area contributed by atoms with E-state index in [0.29, 0.717) is 44.1 Å². The first-order chi connectivity index (χ1) is 14.1. The molecule has 0 spiro atoms.